The zero-order chi connectivity index (χ0) is 15.1. The molecule has 21 heavy (non-hydrogen) atoms. The molecule has 0 bridgehead atoms. The number of carbonyl (C=O) groups excluding carboxylic acids is 2. The Morgan fingerprint density at radius 3 is 2.48 bits per heavy atom. The molecule has 3 nitrogen and oxygen atoms in total. The molecule has 0 radical (unpaired) electrons. The molecule has 2 fully saturated rings. The molecule has 2 atom stereocenters. The first-order valence-corrected chi connectivity index (χ1v) is 7.81. The topological polar surface area (TPSA) is 46.2 Å². The molecule has 3 heteroatoms. The fraction of sp³-hybridized carbons (Fsp3) is 0.556. The van der Waals surface area contributed by atoms with Crippen molar-refractivity contribution < 1.29 is 9.59 Å². The van der Waals surface area contributed by atoms with Crippen molar-refractivity contribution in [1.29, 1.82) is 0 Å². The molecule has 1 spiro atoms. The number of rotatable bonds is 1. The van der Waals surface area contributed by atoms with Crippen LogP contribution in [-0.2, 0) is 9.59 Å². The van der Waals surface area contributed by atoms with E-state index < -0.39 is 0 Å². The molecule has 112 valence electrons. The first-order valence-electron chi connectivity index (χ1n) is 7.81. The molecule has 1 aromatic carbocycles. The Morgan fingerprint density at radius 1 is 1.10 bits per heavy atom. The average molecular weight is 285 g/mol. The van der Waals surface area contributed by atoms with Crippen molar-refractivity contribution in [2.24, 2.45) is 10.8 Å². The van der Waals surface area contributed by atoms with E-state index in [2.05, 4.69) is 19.2 Å². The second-order valence-electron chi connectivity index (χ2n) is 7.49. The minimum absolute atomic E-state index is 0.107. The third kappa shape index (κ3) is 2.61. The third-order valence-electron chi connectivity index (χ3n) is 5.14. The number of imide groups is 1. The summed E-state index contributed by atoms with van der Waals surface area (Å²) in [6.45, 7) is 4.51. The predicted octanol–water partition coefficient (Wildman–Crippen LogP) is 3.40. The number of amides is 2. The maximum atomic E-state index is 12.6. The van der Waals surface area contributed by atoms with Crippen LogP contribution in [0.3, 0.4) is 0 Å². The maximum Gasteiger partial charge on any atom is 0.234 e. The van der Waals surface area contributed by atoms with Gasteiger partial charge in [-0.3, -0.25) is 14.9 Å². The summed E-state index contributed by atoms with van der Waals surface area (Å²) in [4.78, 5) is 24.6. The van der Waals surface area contributed by atoms with Gasteiger partial charge in [0.1, 0.15) is 0 Å². The molecular formula is C18H23NO2. The molecule has 0 aromatic heterocycles. The number of nitrogens with one attached hydrogen (secondary N) is 1. The molecule has 1 N–H and O–H groups in total. The Hall–Kier alpha value is -1.64. The van der Waals surface area contributed by atoms with Crippen LogP contribution in [0.1, 0.15) is 57.4 Å². The largest absolute Gasteiger partial charge is 0.296 e. The smallest absolute Gasteiger partial charge is 0.234 e. The van der Waals surface area contributed by atoms with Gasteiger partial charge in [0.15, 0.2) is 0 Å². The van der Waals surface area contributed by atoms with Crippen molar-refractivity contribution >= 4 is 11.8 Å². The molecule has 1 aliphatic carbocycles. The van der Waals surface area contributed by atoms with Crippen LogP contribution in [0.15, 0.2) is 30.3 Å². The Balaban J connectivity index is 2.05. The van der Waals surface area contributed by atoms with Crippen LogP contribution in [-0.4, -0.2) is 11.8 Å². The fourth-order valence-electron chi connectivity index (χ4n) is 4.55. The first-order chi connectivity index (χ1) is 9.92. The number of carbonyl (C=O) groups is 2. The molecule has 2 unspecified atom stereocenters. The van der Waals surface area contributed by atoms with Gasteiger partial charge in [-0.15, -0.1) is 0 Å². The summed E-state index contributed by atoms with van der Waals surface area (Å²) in [7, 11) is 0. The van der Waals surface area contributed by atoms with E-state index in [-0.39, 0.29) is 28.6 Å². The molecule has 1 aromatic rings. The molecule has 1 heterocycles. The Kier molecular flexibility index (Phi) is 3.39. The summed E-state index contributed by atoms with van der Waals surface area (Å²) in [5.74, 6) is -0.420. The van der Waals surface area contributed by atoms with E-state index in [0.717, 1.165) is 24.8 Å². The van der Waals surface area contributed by atoms with E-state index >= 15 is 0 Å². The summed E-state index contributed by atoms with van der Waals surface area (Å²) in [6, 6.07) is 9.95. The fourth-order valence-corrected chi connectivity index (χ4v) is 4.55. The lowest BCUT2D eigenvalue weighted by atomic mass is 9.54. The van der Waals surface area contributed by atoms with Crippen molar-refractivity contribution in [1.82, 2.24) is 5.32 Å². The molecule has 2 aliphatic rings. The highest BCUT2D eigenvalue weighted by Gasteiger charge is 2.52. The predicted molar refractivity (Wildman–Crippen MR) is 81.6 cm³/mol. The number of benzene rings is 1. The molecule has 1 saturated heterocycles. The van der Waals surface area contributed by atoms with Crippen molar-refractivity contribution in [3.05, 3.63) is 35.9 Å². The number of hydrogen-bond acceptors (Lipinski definition) is 2. The monoisotopic (exact) mass is 285 g/mol. The summed E-state index contributed by atoms with van der Waals surface area (Å²) in [5, 5.41) is 2.55. The SMILES string of the molecule is CC1(C)CCCC2(CC(=O)NC(=O)C2c2ccccc2)C1. The second kappa shape index (κ2) is 4.97. The Morgan fingerprint density at radius 2 is 1.81 bits per heavy atom. The van der Waals surface area contributed by atoms with Crippen molar-refractivity contribution in [2.45, 2.75) is 51.9 Å². The third-order valence-corrected chi connectivity index (χ3v) is 5.14. The van der Waals surface area contributed by atoms with Gasteiger partial charge < -0.3 is 0 Å². The molecule has 2 amide bonds. The molecule has 3 rings (SSSR count). The van der Waals surface area contributed by atoms with E-state index in [9.17, 15) is 9.59 Å². The second-order valence-corrected chi connectivity index (χ2v) is 7.49. The number of piperidine rings is 1. The average Bonchev–Trinajstić information content (AvgIpc) is 2.37. The van der Waals surface area contributed by atoms with Crippen molar-refractivity contribution in [3.63, 3.8) is 0 Å². The van der Waals surface area contributed by atoms with Gasteiger partial charge in [-0.2, -0.15) is 0 Å². The lowest BCUT2D eigenvalue weighted by Crippen LogP contribution is -2.53. The van der Waals surface area contributed by atoms with Gasteiger partial charge in [0.25, 0.3) is 0 Å². The van der Waals surface area contributed by atoms with Gasteiger partial charge in [-0.05, 0) is 35.7 Å². The molecular weight excluding hydrogens is 262 g/mol. The van der Waals surface area contributed by atoms with Crippen LogP contribution in [0.25, 0.3) is 0 Å². The Labute approximate surface area is 126 Å². The van der Waals surface area contributed by atoms with Crippen molar-refractivity contribution in [2.75, 3.05) is 0 Å². The summed E-state index contributed by atoms with van der Waals surface area (Å²) in [6.07, 6.45) is 4.65. The minimum atomic E-state index is -0.206. The Bertz CT molecular complexity index is 564. The van der Waals surface area contributed by atoms with Gasteiger partial charge in [0.2, 0.25) is 11.8 Å². The molecule has 1 saturated carbocycles. The van der Waals surface area contributed by atoms with Gasteiger partial charge in [-0.25, -0.2) is 0 Å². The van der Waals surface area contributed by atoms with Crippen molar-refractivity contribution in [3.8, 4) is 0 Å². The van der Waals surface area contributed by atoms with E-state index in [1.807, 2.05) is 30.3 Å². The highest BCUT2D eigenvalue weighted by molar-refractivity contribution is 6.02. The highest BCUT2D eigenvalue weighted by Crippen LogP contribution is 2.56. The van der Waals surface area contributed by atoms with E-state index in [4.69, 9.17) is 0 Å². The highest BCUT2D eigenvalue weighted by atomic mass is 16.2. The minimum Gasteiger partial charge on any atom is -0.296 e. The van der Waals surface area contributed by atoms with Gasteiger partial charge in [0.05, 0.1) is 5.92 Å². The summed E-state index contributed by atoms with van der Waals surface area (Å²) >= 11 is 0. The zero-order valence-electron chi connectivity index (χ0n) is 12.8. The lowest BCUT2D eigenvalue weighted by Gasteiger charge is -2.50. The van der Waals surface area contributed by atoms with Crippen LogP contribution < -0.4 is 5.32 Å². The van der Waals surface area contributed by atoms with E-state index in [0.29, 0.717) is 6.42 Å². The van der Waals surface area contributed by atoms with Gasteiger partial charge >= 0.3 is 0 Å². The maximum absolute atomic E-state index is 12.6. The van der Waals surface area contributed by atoms with Gasteiger partial charge in [-0.1, -0.05) is 50.6 Å². The van der Waals surface area contributed by atoms with Crippen LogP contribution in [0.2, 0.25) is 0 Å². The first kappa shape index (κ1) is 14.3. The van der Waals surface area contributed by atoms with E-state index in [1.165, 1.54) is 6.42 Å². The van der Waals surface area contributed by atoms with Gasteiger partial charge in [0, 0.05) is 6.42 Å². The number of hydrogen-bond donors (Lipinski definition) is 1. The lowest BCUT2D eigenvalue weighted by molar-refractivity contribution is -0.143. The normalized spacial score (nSPS) is 32.0. The zero-order valence-corrected chi connectivity index (χ0v) is 12.8. The van der Waals surface area contributed by atoms with E-state index in [1.54, 1.807) is 0 Å². The van der Waals surface area contributed by atoms with Crippen LogP contribution in [0, 0.1) is 10.8 Å². The van der Waals surface area contributed by atoms with Crippen LogP contribution >= 0.6 is 0 Å². The van der Waals surface area contributed by atoms with Crippen LogP contribution in [0.4, 0.5) is 0 Å². The quantitative estimate of drug-likeness (QED) is 0.804. The van der Waals surface area contributed by atoms with Crippen LogP contribution in [0.5, 0.6) is 0 Å². The standard InChI is InChI=1S/C18H23NO2/c1-17(2)9-6-10-18(12-17)11-14(20)19-16(21)15(18)13-7-4-3-5-8-13/h3-5,7-8,15H,6,9-12H2,1-2H3,(H,19,20,21). The molecule has 1 aliphatic heterocycles. The summed E-state index contributed by atoms with van der Waals surface area (Å²) in [5.41, 5.74) is 1.03. The summed E-state index contributed by atoms with van der Waals surface area (Å²) < 4.78 is 0.